The summed E-state index contributed by atoms with van der Waals surface area (Å²) in [6.07, 6.45) is 2.79. The lowest BCUT2D eigenvalue weighted by molar-refractivity contribution is -0.148. The molecule has 13 nitrogen and oxygen atoms in total. The molecule has 2 aliphatic heterocycles. The van der Waals surface area contributed by atoms with Gasteiger partial charge in [0.25, 0.3) is 0 Å². The van der Waals surface area contributed by atoms with E-state index in [2.05, 4.69) is 10.3 Å². The molecule has 3 aromatic carbocycles. The Hall–Kier alpha value is -5.47. The lowest BCUT2D eigenvalue weighted by Crippen LogP contribution is -2.60. The quantitative estimate of drug-likeness (QED) is 0.115. The Morgan fingerprint density at radius 2 is 1.57 bits per heavy atom. The summed E-state index contributed by atoms with van der Waals surface area (Å²) in [4.78, 5) is 61.7. The lowest BCUT2D eigenvalue weighted by atomic mass is 9.82. The summed E-state index contributed by atoms with van der Waals surface area (Å²) in [5, 5.41) is 16.5. The number of halogens is 1. The number of hydrogen-bond donors (Lipinski definition) is 3. The maximum Gasteiger partial charge on any atom is 0.410 e. The number of likely N-dealkylation sites (tertiary alicyclic amines) is 2. The van der Waals surface area contributed by atoms with E-state index < -0.39 is 72.3 Å². The summed E-state index contributed by atoms with van der Waals surface area (Å²) in [6.45, 7) is 3.20. The van der Waals surface area contributed by atoms with Gasteiger partial charge in [-0.05, 0) is 60.6 Å². The molecule has 0 spiro atoms. The first-order chi connectivity index (χ1) is 28.0. The van der Waals surface area contributed by atoms with Crippen molar-refractivity contribution in [3.63, 3.8) is 0 Å². The first-order valence-electron chi connectivity index (χ1n) is 20.1. The van der Waals surface area contributed by atoms with E-state index in [4.69, 9.17) is 14.2 Å². The molecule has 308 valence electrons. The number of hydrogen-bond acceptors (Lipinski definition) is 9. The third kappa shape index (κ3) is 8.82. The van der Waals surface area contributed by atoms with Gasteiger partial charge >= 0.3 is 18.2 Å². The molecular formula is C44H52FN5O8. The van der Waals surface area contributed by atoms with Crippen molar-refractivity contribution in [2.45, 2.75) is 102 Å². The average Bonchev–Trinajstić information content (AvgIpc) is 3.94. The van der Waals surface area contributed by atoms with Crippen LogP contribution >= 0.6 is 0 Å². The van der Waals surface area contributed by atoms with Gasteiger partial charge in [0.05, 0.1) is 12.1 Å². The average molecular weight is 798 g/mol. The van der Waals surface area contributed by atoms with E-state index in [0.717, 1.165) is 54.2 Å². The van der Waals surface area contributed by atoms with Crippen LogP contribution in [0.3, 0.4) is 0 Å². The van der Waals surface area contributed by atoms with Crippen LogP contribution in [0.25, 0.3) is 10.9 Å². The van der Waals surface area contributed by atoms with Gasteiger partial charge in [0, 0.05) is 56.1 Å². The van der Waals surface area contributed by atoms with E-state index >= 15 is 0 Å². The van der Waals surface area contributed by atoms with Gasteiger partial charge in [0.2, 0.25) is 5.91 Å². The SMILES string of the molecule is CC(=O)OC1CN(C(O)C(NC(=O)C(C)N(C)C(=O)OCc2ccccc2)C2CCCCC2)C2C(c3c[nH]c4cc(F)ccc34)CN(C(=O)OCc3ccccc3)C12. The predicted octanol–water partition coefficient (Wildman–Crippen LogP) is 6.07. The fourth-order valence-corrected chi connectivity index (χ4v) is 9.04. The number of fused-ring (bicyclic) bond motifs is 2. The molecule has 58 heavy (non-hydrogen) atoms. The summed E-state index contributed by atoms with van der Waals surface area (Å²) in [6, 6.07) is 20.0. The molecule has 7 rings (SSSR count). The number of carbonyl (C=O) groups excluding carboxylic acids is 4. The highest BCUT2D eigenvalue weighted by molar-refractivity contribution is 5.86. The number of nitrogens with zero attached hydrogens (tertiary/aromatic N) is 3. The molecule has 0 radical (unpaired) electrons. The van der Waals surface area contributed by atoms with Crippen LogP contribution in [0.2, 0.25) is 0 Å². The third-order valence-corrected chi connectivity index (χ3v) is 12.1. The minimum absolute atomic E-state index is 0.0252. The van der Waals surface area contributed by atoms with Gasteiger partial charge in [-0.2, -0.15) is 0 Å². The molecule has 3 N–H and O–H groups in total. The highest BCUT2D eigenvalue weighted by atomic mass is 19.1. The first-order valence-corrected chi connectivity index (χ1v) is 20.1. The molecule has 14 heteroatoms. The van der Waals surface area contributed by atoms with Crippen LogP contribution in [0, 0.1) is 11.7 Å². The Balaban J connectivity index is 1.19. The van der Waals surface area contributed by atoms with E-state index in [1.807, 2.05) is 65.6 Å². The number of benzene rings is 3. The number of nitrogens with one attached hydrogen (secondary N) is 2. The first kappa shape index (κ1) is 40.7. The Kier molecular flexibility index (Phi) is 12.6. The molecule has 3 amide bonds. The van der Waals surface area contributed by atoms with E-state index in [0.29, 0.717) is 5.52 Å². The van der Waals surface area contributed by atoms with Crippen molar-refractivity contribution in [2.24, 2.45) is 5.92 Å². The number of esters is 1. The normalized spacial score (nSPS) is 22.5. The molecule has 3 heterocycles. The predicted molar refractivity (Wildman–Crippen MR) is 213 cm³/mol. The molecule has 0 bridgehead atoms. The zero-order valence-corrected chi connectivity index (χ0v) is 33.1. The number of aliphatic hydroxyl groups excluding tert-OH is 1. The van der Waals surface area contributed by atoms with Gasteiger partial charge in [-0.1, -0.05) is 79.9 Å². The van der Waals surface area contributed by atoms with E-state index in [-0.39, 0.29) is 32.2 Å². The second-order valence-corrected chi connectivity index (χ2v) is 15.7. The Bertz CT molecular complexity index is 2060. The summed E-state index contributed by atoms with van der Waals surface area (Å²) in [5.41, 5.74) is 2.99. The van der Waals surface area contributed by atoms with Crippen molar-refractivity contribution in [3.05, 3.63) is 108 Å². The third-order valence-electron chi connectivity index (χ3n) is 12.1. The molecule has 7 unspecified atom stereocenters. The molecule has 2 saturated heterocycles. The number of ether oxygens (including phenoxy) is 3. The highest BCUT2D eigenvalue weighted by Gasteiger charge is 2.59. The minimum atomic E-state index is -1.28. The van der Waals surface area contributed by atoms with Gasteiger partial charge in [-0.25, -0.2) is 14.0 Å². The second-order valence-electron chi connectivity index (χ2n) is 15.7. The van der Waals surface area contributed by atoms with E-state index in [1.54, 1.807) is 24.1 Å². The number of H-pyrrole nitrogens is 1. The summed E-state index contributed by atoms with van der Waals surface area (Å²) >= 11 is 0. The smallest absolute Gasteiger partial charge is 0.410 e. The van der Waals surface area contributed by atoms with Crippen LogP contribution in [0.1, 0.15) is 68.6 Å². The zero-order valence-electron chi connectivity index (χ0n) is 33.1. The lowest BCUT2D eigenvalue weighted by Gasteiger charge is -2.41. The molecule has 3 aliphatic rings. The Morgan fingerprint density at radius 3 is 2.22 bits per heavy atom. The molecule has 1 saturated carbocycles. The second kappa shape index (κ2) is 18.0. The Labute approximate surface area is 337 Å². The van der Waals surface area contributed by atoms with Crippen molar-refractivity contribution < 1.29 is 42.9 Å². The minimum Gasteiger partial charge on any atom is -0.459 e. The van der Waals surface area contributed by atoms with Crippen molar-refractivity contribution in [2.75, 3.05) is 20.1 Å². The summed E-state index contributed by atoms with van der Waals surface area (Å²) in [7, 11) is 1.50. The monoisotopic (exact) mass is 797 g/mol. The van der Waals surface area contributed by atoms with Crippen molar-refractivity contribution >= 4 is 35.0 Å². The fourth-order valence-electron chi connectivity index (χ4n) is 9.04. The molecular weight excluding hydrogens is 746 g/mol. The number of aromatic amines is 1. The van der Waals surface area contributed by atoms with Crippen LogP contribution in [0.5, 0.6) is 0 Å². The van der Waals surface area contributed by atoms with Gasteiger partial charge in [0.15, 0.2) is 0 Å². The summed E-state index contributed by atoms with van der Waals surface area (Å²) in [5.74, 6) is -1.97. The Morgan fingerprint density at radius 1 is 0.914 bits per heavy atom. The standard InChI is InChI=1S/C44H52FN5O8/c1-27(48(3)43(54)56-25-29-13-7-4-8-14-29)41(52)47-38(31-17-11-6-12-18-31)42(53)49-24-37(58-28(2)51)40-39(49)35(34-22-46-36-21-32(45)19-20-33(34)36)23-50(40)44(55)57-26-30-15-9-5-10-16-30/h4-5,7-10,13-16,19-22,27,31,35,37-40,42,46,53H,6,11-12,17-18,23-26H2,1-3H3,(H,47,52). The van der Waals surface area contributed by atoms with Crippen LogP contribution in [0.15, 0.2) is 85.1 Å². The van der Waals surface area contributed by atoms with Crippen molar-refractivity contribution in [1.82, 2.24) is 25.0 Å². The summed E-state index contributed by atoms with van der Waals surface area (Å²) < 4.78 is 31.6. The topological polar surface area (TPSA) is 154 Å². The largest absolute Gasteiger partial charge is 0.459 e. The highest BCUT2D eigenvalue weighted by Crippen LogP contribution is 2.46. The molecule has 1 aromatic heterocycles. The fraction of sp³-hybridized carbons (Fsp3) is 0.455. The van der Waals surface area contributed by atoms with Gasteiger partial charge in [-0.3, -0.25) is 24.3 Å². The molecule has 4 aromatic rings. The van der Waals surface area contributed by atoms with E-state index in [9.17, 15) is 28.7 Å². The number of likely N-dealkylation sites (N-methyl/N-ethyl adjacent to an activating group) is 1. The molecule has 1 aliphatic carbocycles. The van der Waals surface area contributed by atoms with E-state index in [1.165, 1.54) is 31.0 Å². The van der Waals surface area contributed by atoms with Gasteiger partial charge < -0.3 is 29.6 Å². The van der Waals surface area contributed by atoms with Crippen LogP contribution in [0.4, 0.5) is 14.0 Å². The van der Waals surface area contributed by atoms with Gasteiger partial charge in [0.1, 0.15) is 37.4 Å². The van der Waals surface area contributed by atoms with Crippen LogP contribution in [-0.4, -0.2) is 105 Å². The molecule has 7 atom stereocenters. The maximum atomic E-state index is 14.4. The maximum absolute atomic E-state index is 14.4. The number of rotatable bonds is 12. The van der Waals surface area contributed by atoms with Gasteiger partial charge in [-0.15, -0.1) is 0 Å². The number of carbonyl (C=O) groups is 4. The number of aliphatic hydroxyl groups is 1. The zero-order chi connectivity index (χ0) is 40.9. The van der Waals surface area contributed by atoms with Crippen molar-refractivity contribution in [3.8, 4) is 0 Å². The van der Waals surface area contributed by atoms with Crippen LogP contribution in [-0.2, 0) is 37.0 Å². The van der Waals surface area contributed by atoms with Crippen LogP contribution < -0.4 is 5.32 Å². The van der Waals surface area contributed by atoms with Crippen molar-refractivity contribution in [1.29, 1.82) is 0 Å². The number of amides is 3. The molecule has 3 fully saturated rings. The number of aromatic nitrogens is 1.